The highest BCUT2D eigenvalue weighted by molar-refractivity contribution is 5.97. The zero-order valence-corrected chi connectivity index (χ0v) is 14.7. The minimum atomic E-state index is 0.0661. The van der Waals surface area contributed by atoms with Gasteiger partial charge in [0.1, 0.15) is 11.5 Å². The van der Waals surface area contributed by atoms with Gasteiger partial charge in [0.05, 0.1) is 19.3 Å². The average molecular weight is 339 g/mol. The first-order valence-corrected chi connectivity index (χ1v) is 8.88. The number of nitrogens with zero attached hydrogens (tertiary/aromatic N) is 1. The summed E-state index contributed by atoms with van der Waals surface area (Å²) in [4.78, 5) is 14.6. The lowest BCUT2D eigenvalue weighted by Gasteiger charge is -2.32. The first-order valence-electron chi connectivity index (χ1n) is 8.88. The lowest BCUT2D eigenvalue weighted by molar-refractivity contribution is 0.0676. The lowest BCUT2D eigenvalue weighted by atomic mass is 9.93. The molecule has 4 heteroatoms. The van der Waals surface area contributed by atoms with E-state index in [1.807, 2.05) is 59.5 Å². The first-order chi connectivity index (χ1) is 12.3. The van der Waals surface area contributed by atoms with E-state index in [1.165, 1.54) is 0 Å². The van der Waals surface area contributed by atoms with Gasteiger partial charge < -0.3 is 14.4 Å². The molecule has 1 aliphatic rings. The Balaban J connectivity index is 1.46. The van der Waals surface area contributed by atoms with Gasteiger partial charge >= 0.3 is 0 Å². The molecule has 2 aromatic carbocycles. The molecule has 0 radical (unpaired) electrons. The Morgan fingerprint density at radius 2 is 1.72 bits per heavy atom. The van der Waals surface area contributed by atoms with Crippen molar-refractivity contribution in [3.8, 4) is 11.5 Å². The van der Waals surface area contributed by atoms with Gasteiger partial charge in [0.15, 0.2) is 0 Å². The molecule has 1 aliphatic heterocycles. The predicted octanol–water partition coefficient (Wildman–Crippen LogP) is 4.02. The molecule has 0 saturated carbocycles. The van der Waals surface area contributed by atoms with Crippen LogP contribution in [0, 0.1) is 5.92 Å². The van der Waals surface area contributed by atoms with E-state index in [1.54, 1.807) is 7.11 Å². The molecule has 0 unspecified atom stereocenters. The second kappa shape index (κ2) is 8.56. The molecule has 2 aromatic rings. The Hall–Kier alpha value is -2.49. The SMILES string of the molecule is COc1ccccc1C(=O)N1CCC(CCOc2ccccc2)CC1. The molecule has 3 rings (SSSR count). The zero-order valence-electron chi connectivity index (χ0n) is 14.7. The van der Waals surface area contributed by atoms with Crippen LogP contribution in [0.2, 0.25) is 0 Å². The Morgan fingerprint density at radius 3 is 2.44 bits per heavy atom. The van der Waals surface area contributed by atoms with Crippen LogP contribution in [0.15, 0.2) is 54.6 Å². The van der Waals surface area contributed by atoms with Crippen LogP contribution in [0.25, 0.3) is 0 Å². The van der Waals surface area contributed by atoms with Gasteiger partial charge in [-0.3, -0.25) is 4.79 Å². The normalized spacial score (nSPS) is 15.0. The maximum atomic E-state index is 12.7. The predicted molar refractivity (Wildman–Crippen MR) is 98.2 cm³/mol. The third-order valence-corrected chi connectivity index (χ3v) is 4.78. The molecule has 1 fully saturated rings. The molecule has 0 N–H and O–H groups in total. The van der Waals surface area contributed by atoms with Gasteiger partial charge in [0, 0.05) is 13.1 Å². The van der Waals surface area contributed by atoms with E-state index < -0.39 is 0 Å². The molecule has 0 spiro atoms. The van der Waals surface area contributed by atoms with E-state index >= 15 is 0 Å². The van der Waals surface area contributed by atoms with Crippen LogP contribution in [0.5, 0.6) is 11.5 Å². The molecular weight excluding hydrogens is 314 g/mol. The second-order valence-corrected chi connectivity index (χ2v) is 6.39. The summed E-state index contributed by atoms with van der Waals surface area (Å²) in [6.45, 7) is 2.33. The monoisotopic (exact) mass is 339 g/mol. The Morgan fingerprint density at radius 1 is 1.04 bits per heavy atom. The molecule has 0 aliphatic carbocycles. The minimum Gasteiger partial charge on any atom is -0.496 e. The number of para-hydroxylation sites is 2. The van der Waals surface area contributed by atoms with Gasteiger partial charge in [-0.05, 0) is 49.4 Å². The molecule has 1 heterocycles. The van der Waals surface area contributed by atoms with Crippen molar-refractivity contribution in [3.05, 3.63) is 60.2 Å². The van der Waals surface area contributed by atoms with Crippen molar-refractivity contribution >= 4 is 5.91 Å². The number of likely N-dealkylation sites (tertiary alicyclic amines) is 1. The molecule has 4 nitrogen and oxygen atoms in total. The number of rotatable bonds is 6. The summed E-state index contributed by atoms with van der Waals surface area (Å²) in [6.07, 6.45) is 3.09. The van der Waals surface area contributed by atoms with E-state index in [0.29, 0.717) is 17.2 Å². The van der Waals surface area contributed by atoms with Crippen molar-refractivity contribution in [2.45, 2.75) is 19.3 Å². The summed E-state index contributed by atoms with van der Waals surface area (Å²) in [5, 5.41) is 0. The van der Waals surface area contributed by atoms with E-state index in [0.717, 1.165) is 44.7 Å². The summed E-state index contributed by atoms with van der Waals surface area (Å²) in [6, 6.07) is 17.3. The van der Waals surface area contributed by atoms with Gasteiger partial charge in [-0.25, -0.2) is 0 Å². The fourth-order valence-corrected chi connectivity index (χ4v) is 3.28. The smallest absolute Gasteiger partial charge is 0.257 e. The largest absolute Gasteiger partial charge is 0.496 e. The Labute approximate surface area is 149 Å². The van der Waals surface area contributed by atoms with Crippen LogP contribution in [0.4, 0.5) is 0 Å². The molecule has 0 bridgehead atoms. The van der Waals surface area contributed by atoms with Crippen LogP contribution < -0.4 is 9.47 Å². The van der Waals surface area contributed by atoms with Crippen molar-refractivity contribution in [3.63, 3.8) is 0 Å². The third-order valence-electron chi connectivity index (χ3n) is 4.78. The van der Waals surface area contributed by atoms with Crippen LogP contribution >= 0.6 is 0 Å². The quantitative estimate of drug-likeness (QED) is 0.798. The van der Waals surface area contributed by atoms with Crippen molar-refractivity contribution in [1.29, 1.82) is 0 Å². The van der Waals surface area contributed by atoms with E-state index in [9.17, 15) is 4.79 Å². The summed E-state index contributed by atoms with van der Waals surface area (Å²) < 4.78 is 11.1. The highest BCUT2D eigenvalue weighted by Gasteiger charge is 2.25. The number of piperidine rings is 1. The molecule has 1 amide bonds. The standard InChI is InChI=1S/C21H25NO3/c1-24-20-10-6-5-9-19(20)21(23)22-14-11-17(12-15-22)13-16-25-18-7-3-2-4-8-18/h2-10,17H,11-16H2,1H3. The summed E-state index contributed by atoms with van der Waals surface area (Å²) in [5.74, 6) is 2.25. The van der Waals surface area contributed by atoms with Crippen molar-refractivity contribution < 1.29 is 14.3 Å². The van der Waals surface area contributed by atoms with Crippen molar-refractivity contribution in [1.82, 2.24) is 4.90 Å². The van der Waals surface area contributed by atoms with Crippen LogP contribution in [0.3, 0.4) is 0 Å². The zero-order chi connectivity index (χ0) is 17.5. The summed E-state index contributed by atoms with van der Waals surface area (Å²) >= 11 is 0. The number of methoxy groups -OCH3 is 1. The molecule has 132 valence electrons. The number of hydrogen-bond donors (Lipinski definition) is 0. The Bertz CT molecular complexity index is 679. The highest BCUT2D eigenvalue weighted by Crippen LogP contribution is 2.25. The number of ether oxygens (including phenoxy) is 2. The third kappa shape index (κ3) is 4.53. The second-order valence-electron chi connectivity index (χ2n) is 6.39. The Kier molecular flexibility index (Phi) is 5.94. The number of carbonyl (C=O) groups is 1. The van der Waals surface area contributed by atoms with Gasteiger partial charge in [0.2, 0.25) is 0 Å². The summed E-state index contributed by atoms with van der Waals surface area (Å²) in [7, 11) is 1.60. The van der Waals surface area contributed by atoms with Crippen LogP contribution in [-0.4, -0.2) is 37.6 Å². The van der Waals surface area contributed by atoms with Crippen molar-refractivity contribution in [2.75, 3.05) is 26.8 Å². The van der Waals surface area contributed by atoms with Crippen molar-refractivity contribution in [2.24, 2.45) is 5.92 Å². The summed E-state index contributed by atoms with van der Waals surface area (Å²) in [5.41, 5.74) is 0.649. The van der Waals surface area contributed by atoms with E-state index in [-0.39, 0.29) is 5.91 Å². The maximum absolute atomic E-state index is 12.7. The molecular formula is C21H25NO3. The number of amides is 1. The molecule has 0 aromatic heterocycles. The fraction of sp³-hybridized carbons (Fsp3) is 0.381. The average Bonchev–Trinajstić information content (AvgIpc) is 2.69. The van der Waals surface area contributed by atoms with E-state index in [4.69, 9.17) is 9.47 Å². The number of benzene rings is 2. The van der Waals surface area contributed by atoms with Crippen LogP contribution in [-0.2, 0) is 0 Å². The number of hydrogen-bond acceptors (Lipinski definition) is 3. The van der Waals surface area contributed by atoms with Gasteiger partial charge in [0.25, 0.3) is 5.91 Å². The lowest BCUT2D eigenvalue weighted by Crippen LogP contribution is -2.38. The van der Waals surface area contributed by atoms with Gasteiger partial charge in [-0.1, -0.05) is 30.3 Å². The molecule has 0 atom stereocenters. The highest BCUT2D eigenvalue weighted by atomic mass is 16.5. The first kappa shape index (κ1) is 17.3. The minimum absolute atomic E-state index is 0.0661. The van der Waals surface area contributed by atoms with E-state index in [2.05, 4.69) is 0 Å². The maximum Gasteiger partial charge on any atom is 0.257 e. The topological polar surface area (TPSA) is 38.8 Å². The fourth-order valence-electron chi connectivity index (χ4n) is 3.28. The van der Waals surface area contributed by atoms with Gasteiger partial charge in [-0.15, -0.1) is 0 Å². The van der Waals surface area contributed by atoms with Gasteiger partial charge in [-0.2, -0.15) is 0 Å². The number of carbonyl (C=O) groups excluding carboxylic acids is 1. The van der Waals surface area contributed by atoms with Crippen LogP contribution in [0.1, 0.15) is 29.6 Å². The molecule has 25 heavy (non-hydrogen) atoms. The molecule has 1 saturated heterocycles.